The molecule has 76 valence electrons. The number of nitrogen functional groups attached to an aromatic ring is 1. The van der Waals surface area contributed by atoms with Gasteiger partial charge in [-0.2, -0.15) is 0 Å². The molecule has 0 aromatic heterocycles. The van der Waals surface area contributed by atoms with Crippen molar-refractivity contribution in [3.05, 3.63) is 35.4 Å². The highest BCUT2D eigenvalue weighted by Gasteiger charge is 2.04. The maximum Gasteiger partial charge on any atom is 0.149 e. The number of halogens is 2. The monoisotopic (exact) mass is 198 g/mol. The molecule has 0 saturated carbocycles. The lowest BCUT2D eigenvalue weighted by Gasteiger charge is -2.00. The molecule has 0 atom stereocenters. The van der Waals surface area contributed by atoms with Crippen molar-refractivity contribution in [3.8, 4) is 0 Å². The first-order valence-corrected chi connectivity index (χ1v) is 4.26. The standard InChI is InChI=1S/C10H12F2N2/c11-8-6-9(12)10(14)5-7(8)3-1-2-4-13/h1,3,5-6H,2,4,13-14H2. The second kappa shape index (κ2) is 4.72. The van der Waals surface area contributed by atoms with Crippen LogP contribution in [0, 0.1) is 11.6 Å². The van der Waals surface area contributed by atoms with Gasteiger partial charge in [-0.25, -0.2) is 8.78 Å². The summed E-state index contributed by atoms with van der Waals surface area (Å²) in [5, 5.41) is 0. The SMILES string of the molecule is NCCC=Cc1cc(N)c(F)cc1F. The van der Waals surface area contributed by atoms with Crippen molar-refractivity contribution >= 4 is 11.8 Å². The first-order chi connectivity index (χ1) is 6.65. The molecule has 0 saturated heterocycles. The largest absolute Gasteiger partial charge is 0.396 e. The average molecular weight is 198 g/mol. The van der Waals surface area contributed by atoms with Gasteiger partial charge in [0, 0.05) is 11.6 Å². The fourth-order valence-electron chi connectivity index (χ4n) is 1.02. The highest BCUT2D eigenvalue weighted by molar-refractivity contribution is 5.56. The number of anilines is 1. The van der Waals surface area contributed by atoms with Gasteiger partial charge in [-0.15, -0.1) is 0 Å². The van der Waals surface area contributed by atoms with Gasteiger partial charge >= 0.3 is 0 Å². The summed E-state index contributed by atoms with van der Waals surface area (Å²) >= 11 is 0. The predicted octanol–water partition coefficient (Wildman–Crippen LogP) is 1.91. The molecule has 0 aliphatic carbocycles. The third kappa shape index (κ3) is 2.53. The van der Waals surface area contributed by atoms with Crippen molar-refractivity contribution in [2.75, 3.05) is 12.3 Å². The van der Waals surface area contributed by atoms with E-state index < -0.39 is 11.6 Å². The Morgan fingerprint density at radius 2 is 1.93 bits per heavy atom. The van der Waals surface area contributed by atoms with E-state index in [1.807, 2.05) is 0 Å². The van der Waals surface area contributed by atoms with Crippen LogP contribution in [0.1, 0.15) is 12.0 Å². The molecular weight excluding hydrogens is 186 g/mol. The number of rotatable bonds is 3. The molecule has 0 spiro atoms. The van der Waals surface area contributed by atoms with Gasteiger partial charge in [-0.05, 0) is 19.0 Å². The van der Waals surface area contributed by atoms with Crippen LogP contribution in [0.3, 0.4) is 0 Å². The molecule has 1 aromatic carbocycles. The minimum absolute atomic E-state index is 0.0567. The van der Waals surface area contributed by atoms with Crippen LogP contribution in [0.4, 0.5) is 14.5 Å². The first-order valence-electron chi connectivity index (χ1n) is 4.26. The van der Waals surface area contributed by atoms with Crippen LogP contribution in [0.25, 0.3) is 6.08 Å². The van der Waals surface area contributed by atoms with Crippen molar-refractivity contribution in [1.29, 1.82) is 0 Å². The maximum absolute atomic E-state index is 13.1. The summed E-state index contributed by atoms with van der Waals surface area (Å²) in [5.74, 6) is -1.36. The average Bonchev–Trinajstić information content (AvgIpc) is 2.14. The van der Waals surface area contributed by atoms with Gasteiger partial charge in [0.25, 0.3) is 0 Å². The lowest BCUT2D eigenvalue weighted by molar-refractivity contribution is 0.584. The number of benzene rings is 1. The summed E-state index contributed by atoms with van der Waals surface area (Å²) in [5.41, 5.74) is 10.8. The molecule has 2 nitrogen and oxygen atoms in total. The number of nitrogens with two attached hydrogens (primary N) is 2. The zero-order chi connectivity index (χ0) is 10.6. The van der Waals surface area contributed by atoms with Gasteiger partial charge in [0.2, 0.25) is 0 Å². The number of hydrogen-bond donors (Lipinski definition) is 2. The Morgan fingerprint density at radius 1 is 1.21 bits per heavy atom. The molecule has 4 heteroatoms. The maximum atomic E-state index is 13.1. The Hall–Kier alpha value is -1.42. The Bertz CT molecular complexity index is 348. The predicted molar refractivity (Wildman–Crippen MR) is 53.5 cm³/mol. The lowest BCUT2D eigenvalue weighted by atomic mass is 10.1. The van der Waals surface area contributed by atoms with Crippen LogP contribution in [-0.4, -0.2) is 6.54 Å². The van der Waals surface area contributed by atoms with E-state index in [4.69, 9.17) is 11.5 Å². The van der Waals surface area contributed by atoms with Crippen LogP contribution in [0.5, 0.6) is 0 Å². The third-order valence-electron chi connectivity index (χ3n) is 1.75. The van der Waals surface area contributed by atoms with E-state index in [2.05, 4.69) is 0 Å². The van der Waals surface area contributed by atoms with E-state index in [0.717, 1.165) is 6.07 Å². The molecule has 1 rings (SSSR count). The normalized spacial score (nSPS) is 11.1. The van der Waals surface area contributed by atoms with Crippen LogP contribution < -0.4 is 11.5 Å². The number of hydrogen-bond acceptors (Lipinski definition) is 2. The Labute approximate surface area is 81.2 Å². The fourth-order valence-corrected chi connectivity index (χ4v) is 1.02. The second-order valence-electron chi connectivity index (χ2n) is 2.87. The molecule has 0 unspecified atom stereocenters. The van der Waals surface area contributed by atoms with Gasteiger partial charge in [0.15, 0.2) is 0 Å². The van der Waals surface area contributed by atoms with Crippen molar-refractivity contribution in [2.45, 2.75) is 6.42 Å². The van der Waals surface area contributed by atoms with E-state index in [0.29, 0.717) is 13.0 Å². The van der Waals surface area contributed by atoms with Gasteiger partial charge < -0.3 is 11.5 Å². The van der Waals surface area contributed by atoms with Gasteiger partial charge in [0.1, 0.15) is 11.6 Å². The molecule has 0 heterocycles. The second-order valence-corrected chi connectivity index (χ2v) is 2.87. The molecule has 0 amide bonds. The summed E-state index contributed by atoms with van der Waals surface area (Å²) in [6.07, 6.45) is 3.91. The minimum atomic E-state index is -0.738. The highest BCUT2D eigenvalue weighted by Crippen LogP contribution is 2.17. The van der Waals surface area contributed by atoms with E-state index in [9.17, 15) is 8.78 Å². The van der Waals surface area contributed by atoms with Gasteiger partial charge in [-0.3, -0.25) is 0 Å². The summed E-state index contributed by atoms with van der Waals surface area (Å²) in [7, 11) is 0. The minimum Gasteiger partial charge on any atom is -0.396 e. The zero-order valence-corrected chi connectivity index (χ0v) is 7.63. The van der Waals surface area contributed by atoms with Crippen molar-refractivity contribution < 1.29 is 8.78 Å². The summed E-state index contributed by atoms with van der Waals surface area (Å²) < 4.78 is 25.8. The van der Waals surface area contributed by atoms with E-state index in [1.165, 1.54) is 12.1 Å². The molecule has 4 N–H and O–H groups in total. The van der Waals surface area contributed by atoms with E-state index in [1.54, 1.807) is 6.08 Å². The summed E-state index contributed by atoms with van der Waals surface area (Å²) in [6.45, 7) is 0.495. The summed E-state index contributed by atoms with van der Waals surface area (Å²) in [6, 6.07) is 2.04. The zero-order valence-electron chi connectivity index (χ0n) is 7.63. The lowest BCUT2D eigenvalue weighted by Crippen LogP contribution is -1.96. The van der Waals surface area contributed by atoms with Crippen LogP contribution in [0.15, 0.2) is 18.2 Å². The molecule has 0 fully saturated rings. The molecule has 0 radical (unpaired) electrons. The van der Waals surface area contributed by atoms with Gasteiger partial charge in [-0.1, -0.05) is 12.2 Å². The molecule has 0 aliphatic heterocycles. The topological polar surface area (TPSA) is 52.0 Å². The third-order valence-corrected chi connectivity index (χ3v) is 1.75. The van der Waals surface area contributed by atoms with E-state index in [-0.39, 0.29) is 11.3 Å². The Kier molecular flexibility index (Phi) is 3.59. The van der Waals surface area contributed by atoms with Crippen molar-refractivity contribution in [2.24, 2.45) is 5.73 Å². The molecule has 0 bridgehead atoms. The molecule has 0 aliphatic rings. The van der Waals surface area contributed by atoms with Crippen molar-refractivity contribution in [1.82, 2.24) is 0 Å². The molecule has 14 heavy (non-hydrogen) atoms. The first kappa shape index (κ1) is 10.7. The fraction of sp³-hybridized carbons (Fsp3) is 0.200. The van der Waals surface area contributed by atoms with Gasteiger partial charge in [0.05, 0.1) is 5.69 Å². The highest BCUT2D eigenvalue weighted by atomic mass is 19.1. The van der Waals surface area contributed by atoms with Crippen LogP contribution in [0.2, 0.25) is 0 Å². The summed E-state index contributed by atoms with van der Waals surface area (Å²) in [4.78, 5) is 0. The Balaban J connectivity index is 2.92. The quantitative estimate of drug-likeness (QED) is 0.729. The van der Waals surface area contributed by atoms with Crippen LogP contribution >= 0.6 is 0 Å². The molecule has 1 aromatic rings. The van der Waals surface area contributed by atoms with E-state index >= 15 is 0 Å². The van der Waals surface area contributed by atoms with Crippen molar-refractivity contribution in [3.63, 3.8) is 0 Å². The van der Waals surface area contributed by atoms with Crippen LogP contribution in [-0.2, 0) is 0 Å². The Morgan fingerprint density at radius 3 is 2.57 bits per heavy atom. The smallest absolute Gasteiger partial charge is 0.149 e. The molecular formula is C10H12F2N2.